The van der Waals surface area contributed by atoms with Crippen LogP contribution < -0.4 is 5.32 Å². The molecular weight excluding hydrogens is 314 g/mol. The lowest BCUT2D eigenvalue weighted by molar-refractivity contribution is 0.174. The van der Waals surface area contributed by atoms with E-state index in [1.54, 1.807) is 11.3 Å². The Labute approximate surface area is 145 Å². The van der Waals surface area contributed by atoms with Crippen LogP contribution in [-0.4, -0.2) is 11.7 Å². The van der Waals surface area contributed by atoms with Crippen LogP contribution in [0.25, 0.3) is 20.9 Å². The smallest absolute Gasteiger partial charge is 0.0914 e. The molecule has 0 bridgehead atoms. The van der Waals surface area contributed by atoms with Crippen molar-refractivity contribution in [2.24, 2.45) is 0 Å². The zero-order chi connectivity index (χ0) is 16.4. The van der Waals surface area contributed by atoms with Crippen LogP contribution in [0.2, 0.25) is 0 Å². The third kappa shape index (κ3) is 3.06. The van der Waals surface area contributed by atoms with Crippen molar-refractivity contribution in [1.82, 2.24) is 5.32 Å². The predicted molar refractivity (Wildman–Crippen MR) is 102 cm³/mol. The van der Waals surface area contributed by atoms with Crippen LogP contribution in [0.15, 0.2) is 72.1 Å². The third-order valence-corrected chi connectivity index (χ3v) is 5.38. The maximum absolute atomic E-state index is 10.5. The molecule has 0 saturated heterocycles. The molecule has 4 aromatic rings. The third-order valence-electron chi connectivity index (χ3n) is 4.37. The van der Waals surface area contributed by atoms with E-state index in [2.05, 4.69) is 59.2 Å². The van der Waals surface area contributed by atoms with Gasteiger partial charge in [0.25, 0.3) is 0 Å². The van der Waals surface area contributed by atoms with E-state index in [1.165, 1.54) is 21.0 Å². The van der Waals surface area contributed by atoms with Gasteiger partial charge in [-0.2, -0.15) is 0 Å². The van der Waals surface area contributed by atoms with Gasteiger partial charge < -0.3 is 10.4 Å². The lowest BCUT2D eigenvalue weighted by Crippen LogP contribution is -2.20. The van der Waals surface area contributed by atoms with Crippen LogP contribution in [0.4, 0.5) is 0 Å². The molecule has 2 N–H and O–H groups in total. The fourth-order valence-electron chi connectivity index (χ4n) is 3.05. The summed E-state index contributed by atoms with van der Waals surface area (Å²) < 4.78 is 1.31. The molecule has 0 amide bonds. The van der Waals surface area contributed by atoms with Crippen LogP contribution in [0.3, 0.4) is 0 Å². The molecule has 3 heteroatoms. The van der Waals surface area contributed by atoms with Gasteiger partial charge in [0.2, 0.25) is 0 Å². The molecule has 120 valence electrons. The summed E-state index contributed by atoms with van der Waals surface area (Å²) in [4.78, 5) is 0. The molecule has 0 aliphatic heterocycles. The van der Waals surface area contributed by atoms with Crippen molar-refractivity contribution in [3.05, 3.63) is 83.2 Å². The number of rotatable bonds is 5. The van der Waals surface area contributed by atoms with E-state index in [9.17, 15) is 5.11 Å². The molecule has 0 fully saturated rings. The molecule has 0 aliphatic carbocycles. The number of nitrogens with one attached hydrogen (secondary N) is 1. The normalized spacial score (nSPS) is 12.7. The second-order valence-electron chi connectivity index (χ2n) is 6.01. The van der Waals surface area contributed by atoms with Crippen molar-refractivity contribution < 1.29 is 5.11 Å². The summed E-state index contributed by atoms with van der Waals surface area (Å²) in [5, 5.41) is 19.7. The Morgan fingerprint density at radius 3 is 2.62 bits per heavy atom. The summed E-state index contributed by atoms with van der Waals surface area (Å²) in [5.74, 6) is 0. The van der Waals surface area contributed by atoms with Crippen molar-refractivity contribution >= 4 is 32.2 Å². The van der Waals surface area contributed by atoms with Gasteiger partial charge in [0.05, 0.1) is 6.10 Å². The summed E-state index contributed by atoms with van der Waals surface area (Å²) in [6.45, 7) is 1.32. The zero-order valence-electron chi connectivity index (χ0n) is 13.3. The molecule has 4 rings (SSSR count). The second kappa shape index (κ2) is 6.73. The van der Waals surface area contributed by atoms with E-state index in [4.69, 9.17) is 0 Å². The first kappa shape index (κ1) is 15.3. The molecule has 1 atom stereocenters. The molecule has 24 heavy (non-hydrogen) atoms. The predicted octanol–water partition coefficient (Wildman–Crippen LogP) is 4.88. The lowest BCUT2D eigenvalue weighted by atomic mass is 10.0. The number of aliphatic hydroxyl groups excluding tert-OH is 1. The Hall–Kier alpha value is -2.20. The highest BCUT2D eigenvalue weighted by Gasteiger charge is 2.09. The Balaban J connectivity index is 1.43. The van der Waals surface area contributed by atoms with Gasteiger partial charge in [-0.25, -0.2) is 0 Å². The SMILES string of the molecule is OC(CNCc1csc2ccccc12)c1ccc2ccccc2c1. The minimum Gasteiger partial charge on any atom is -0.387 e. The molecule has 1 heterocycles. The standard InChI is InChI=1S/C21H19NOS/c23-20(17-10-9-15-5-1-2-6-16(15)11-17)13-22-12-18-14-24-21-8-4-3-7-19(18)21/h1-11,14,20,22-23H,12-13H2. The highest BCUT2D eigenvalue weighted by Crippen LogP contribution is 2.25. The monoisotopic (exact) mass is 333 g/mol. The van der Waals surface area contributed by atoms with Crippen molar-refractivity contribution in [1.29, 1.82) is 0 Å². The molecule has 3 aromatic carbocycles. The van der Waals surface area contributed by atoms with Gasteiger partial charge in [0, 0.05) is 17.8 Å². The van der Waals surface area contributed by atoms with E-state index in [0.29, 0.717) is 6.54 Å². The Kier molecular flexibility index (Phi) is 4.30. The van der Waals surface area contributed by atoms with Crippen LogP contribution in [0.1, 0.15) is 17.2 Å². The van der Waals surface area contributed by atoms with E-state index < -0.39 is 6.10 Å². The lowest BCUT2D eigenvalue weighted by Gasteiger charge is -2.13. The van der Waals surface area contributed by atoms with Crippen molar-refractivity contribution in [3.8, 4) is 0 Å². The molecule has 0 saturated carbocycles. The molecule has 0 radical (unpaired) electrons. The van der Waals surface area contributed by atoms with Crippen LogP contribution in [0, 0.1) is 0 Å². The van der Waals surface area contributed by atoms with E-state index in [0.717, 1.165) is 17.5 Å². The zero-order valence-corrected chi connectivity index (χ0v) is 14.1. The fraction of sp³-hybridized carbons (Fsp3) is 0.143. The van der Waals surface area contributed by atoms with Crippen molar-refractivity contribution in [2.45, 2.75) is 12.6 Å². The first-order valence-corrected chi connectivity index (χ1v) is 9.02. The van der Waals surface area contributed by atoms with Gasteiger partial charge in [-0.3, -0.25) is 0 Å². The molecule has 1 unspecified atom stereocenters. The maximum atomic E-state index is 10.5. The average molecular weight is 333 g/mol. The Morgan fingerprint density at radius 1 is 0.917 bits per heavy atom. The molecule has 0 spiro atoms. The molecule has 2 nitrogen and oxygen atoms in total. The van der Waals surface area contributed by atoms with Crippen molar-refractivity contribution in [3.63, 3.8) is 0 Å². The highest BCUT2D eigenvalue weighted by molar-refractivity contribution is 7.17. The van der Waals surface area contributed by atoms with Gasteiger partial charge in [0.15, 0.2) is 0 Å². The Bertz CT molecular complexity index is 976. The highest BCUT2D eigenvalue weighted by atomic mass is 32.1. The minimum atomic E-state index is -0.500. The molecule has 0 aliphatic rings. The first-order chi connectivity index (χ1) is 11.8. The van der Waals surface area contributed by atoms with E-state index in [1.807, 2.05) is 18.2 Å². The topological polar surface area (TPSA) is 32.3 Å². The quantitative estimate of drug-likeness (QED) is 0.546. The van der Waals surface area contributed by atoms with Gasteiger partial charge in [-0.15, -0.1) is 11.3 Å². The molecular formula is C21H19NOS. The summed E-state index contributed by atoms with van der Waals surface area (Å²) in [5.41, 5.74) is 2.25. The summed E-state index contributed by atoms with van der Waals surface area (Å²) in [6, 6.07) is 22.8. The number of aliphatic hydroxyl groups is 1. The van der Waals surface area contributed by atoms with E-state index in [-0.39, 0.29) is 0 Å². The fourth-order valence-corrected chi connectivity index (χ4v) is 4.01. The van der Waals surface area contributed by atoms with Gasteiger partial charge in [0.1, 0.15) is 0 Å². The summed E-state index contributed by atoms with van der Waals surface area (Å²) in [7, 11) is 0. The number of benzene rings is 3. The number of hydrogen-bond acceptors (Lipinski definition) is 3. The van der Waals surface area contributed by atoms with E-state index >= 15 is 0 Å². The summed E-state index contributed by atoms with van der Waals surface area (Å²) in [6.07, 6.45) is -0.500. The number of thiophene rings is 1. The number of hydrogen-bond donors (Lipinski definition) is 2. The summed E-state index contributed by atoms with van der Waals surface area (Å²) >= 11 is 1.77. The number of fused-ring (bicyclic) bond motifs is 2. The van der Waals surface area contributed by atoms with Crippen LogP contribution >= 0.6 is 11.3 Å². The van der Waals surface area contributed by atoms with Gasteiger partial charge in [-0.1, -0.05) is 54.6 Å². The van der Waals surface area contributed by atoms with Crippen LogP contribution in [-0.2, 0) is 6.54 Å². The van der Waals surface area contributed by atoms with Crippen molar-refractivity contribution in [2.75, 3.05) is 6.54 Å². The largest absolute Gasteiger partial charge is 0.387 e. The minimum absolute atomic E-state index is 0.500. The van der Waals surface area contributed by atoms with Gasteiger partial charge in [-0.05, 0) is 44.8 Å². The first-order valence-electron chi connectivity index (χ1n) is 8.14. The molecule has 1 aromatic heterocycles. The Morgan fingerprint density at radius 2 is 1.71 bits per heavy atom. The maximum Gasteiger partial charge on any atom is 0.0914 e. The van der Waals surface area contributed by atoms with Gasteiger partial charge >= 0.3 is 0 Å². The average Bonchev–Trinajstić information content (AvgIpc) is 3.04. The second-order valence-corrected chi connectivity index (χ2v) is 6.92. The van der Waals surface area contributed by atoms with Crippen LogP contribution in [0.5, 0.6) is 0 Å².